The molecule has 0 fully saturated rings. The summed E-state index contributed by atoms with van der Waals surface area (Å²) in [5.74, 6) is 0.495. The number of nitrogens with two attached hydrogens (primary N) is 1. The first-order valence-electron chi connectivity index (χ1n) is 9.67. The van der Waals surface area contributed by atoms with E-state index in [0.717, 1.165) is 11.4 Å². The van der Waals surface area contributed by atoms with Gasteiger partial charge in [-0.1, -0.05) is 17.3 Å². The minimum Gasteiger partial charge on any atom is -0.495 e. The Bertz CT molecular complexity index is 1300. The van der Waals surface area contributed by atoms with E-state index in [0.29, 0.717) is 47.1 Å². The molecule has 0 bridgehead atoms. The van der Waals surface area contributed by atoms with Gasteiger partial charge in [0.2, 0.25) is 5.95 Å². The second-order valence-corrected chi connectivity index (χ2v) is 6.85. The van der Waals surface area contributed by atoms with Gasteiger partial charge in [0.1, 0.15) is 17.5 Å². The van der Waals surface area contributed by atoms with Gasteiger partial charge in [-0.05, 0) is 30.3 Å². The molecule has 3 aromatic heterocycles. The number of benzene rings is 1. The molecule has 4 aromatic rings. The van der Waals surface area contributed by atoms with Crippen LogP contribution in [-0.4, -0.2) is 44.2 Å². The predicted molar refractivity (Wildman–Crippen MR) is 116 cm³/mol. The van der Waals surface area contributed by atoms with E-state index in [4.69, 9.17) is 15.2 Å². The topological polar surface area (TPSA) is 138 Å². The van der Waals surface area contributed by atoms with E-state index in [1.165, 1.54) is 7.11 Å². The first kappa shape index (κ1) is 20.9. The van der Waals surface area contributed by atoms with Crippen LogP contribution in [0.15, 0.2) is 48.7 Å². The zero-order valence-corrected chi connectivity index (χ0v) is 17.6. The number of nitrogen functional groups attached to an aromatic ring is 1. The van der Waals surface area contributed by atoms with Crippen LogP contribution >= 0.6 is 0 Å². The molecule has 0 aliphatic carbocycles. The number of pyridine rings is 1. The van der Waals surface area contributed by atoms with Gasteiger partial charge in [-0.25, -0.2) is 14.6 Å². The Hall–Kier alpha value is -4.36. The van der Waals surface area contributed by atoms with E-state index in [1.54, 1.807) is 42.3 Å². The summed E-state index contributed by atoms with van der Waals surface area (Å²) >= 11 is 0. The fourth-order valence-electron chi connectivity index (χ4n) is 3.29. The van der Waals surface area contributed by atoms with Gasteiger partial charge in [0.25, 0.3) is 0 Å². The molecule has 10 heteroatoms. The van der Waals surface area contributed by atoms with E-state index in [2.05, 4.69) is 31.3 Å². The van der Waals surface area contributed by atoms with Crippen molar-refractivity contribution in [2.24, 2.45) is 0 Å². The maximum Gasteiger partial charge on any atom is 0.221 e. The Morgan fingerprint density at radius 1 is 1.00 bits per heavy atom. The number of nitriles is 1. The molecule has 0 aliphatic rings. The molecular formula is C22H20N8O2. The van der Waals surface area contributed by atoms with Gasteiger partial charge < -0.3 is 15.2 Å². The average molecular weight is 428 g/mol. The van der Waals surface area contributed by atoms with E-state index in [1.807, 2.05) is 18.2 Å². The molecule has 0 spiro atoms. The number of methoxy groups -OCH3 is 2. The van der Waals surface area contributed by atoms with Crippen LogP contribution in [0, 0.1) is 11.3 Å². The van der Waals surface area contributed by atoms with Crippen LogP contribution in [0.1, 0.15) is 17.0 Å². The molecule has 0 radical (unpaired) electrons. The lowest BCUT2D eigenvalue weighted by atomic mass is 10.1. The first-order valence-corrected chi connectivity index (χ1v) is 9.67. The molecule has 0 amide bonds. The first-order chi connectivity index (χ1) is 15.6. The number of rotatable bonds is 7. The average Bonchev–Trinajstić information content (AvgIpc) is 3.27. The molecule has 4 rings (SSSR count). The molecule has 10 nitrogen and oxygen atoms in total. The lowest BCUT2D eigenvalue weighted by Gasteiger charge is -2.10. The second kappa shape index (κ2) is 9.20. The minimum absolute atomic E-state index is 0.0744. The third-order valence-corrected chi connectivity index (χ3v) is 4.64. The van der Waals surface area contributed by atoms with Gasteiger partial charge in [-0.15, -0.1) is 5.10 Å². The number of aromatic nitrogens is 6. The van der Waals surface area contributed by atoms with Crippen LogP contribution in [0.4, 0.5) is 5.95 Å². The number of hydrogen-bond acceptors (Lipinski definition) is 9. The van der Waals surface area contributed by atoms with Crippen LogP contribution in [0.2, 0.25) is 0 Å². The number of hydrogen-bond donors (Lipinski definition) is 1. The zero-order chi connectivity index (χ0) is 22.5. The lowest BCUT2D eigenvalue weighted by Crippen LogP contribution is -2.04. The van der Waals surface area contributed by atoms with Crippen molar-refractivity contribution < 1.29 is 9.47 Å². The molecule has 1 aromatic carbocycles. The Balaban J connectivity index is 1.65. The van der Waals surface area contributed by atoms with Crippen molar-refractivity contribution in [3.8, 4) is 34.5 Å². The van der Waals surface area contributed by atoms with Crippen molar-refractivity contribution in [3.63, 3.8) is 0 Å². The smallest absolute Gasteiger partial charge is 0.221 e. The van der Waals surface area contributed by atoms with Crippen molar-refractivity contribution in [1.29, 1.82) is 5.26 Å². The number of para-hydroxylation sites is 1. The third kappa shape index (κ3) is 4.38. The molecular weight excluding hydrogens is 408 g/mol. The molecule has 3 heterocycles. The van der Waals surface area contributed by atoms with Crippen LogP contribution in [0.3, 0.4) is 0 Å². The molecule has 0 atom stereocenters. The highest BCUT2D eigenvalue weighted by molar-refractivity contribution is 5.74. The molecule has 0 saturated heterocycles. The maximum absolute atomic E-state index is 9.36. The minimum atomic E-state index is 0.0744. The number of anilines is 1. The highest BCUT2D eigenvalue weighted by atomic mass is 16.5. The molecule has 0 saturated carbocycles. The quantitative estimate of drug-likeness (QED) is 0.470. The summed E-state index contributed by atoms with van der Waals surface area (Å²) in [5.41, 5.74) is 10.2. The summed E-state index contributed by atoms with van der Waals surface area (Å²) < 4.78 is 12.2. The second-order valence-electron chi connectivity index (χ2n) is 6.85. The van der Waals surface area contributed by atoms with Gasteiger partial charge in [-0.3, -0.25) is 4.98 Å². The largest absolute Gasteiger partial charge is 0.495 e. The van der Waals surface area contributed by atoms with Gasteiger partial charge in [0.05, 0.1) is 54.8 Å². The lowest BCUT2D eigenvalue weighted by molar-refractivity contribution is 0.181. The highest BCUT2D eigenvalue weighted by Crippen LogP contribution is 2.33. The monoisotopic (exact) mass is 428 g/mol. The van der Waals surface area contributed by atoms with Crippen molar-refractivity contribution in [2.75, 3.05) is 20.0 Å². The van der Waals surface area contributed by atoms with Crippen molar-refractivity contribution in [1.82, 2.24) is 29.9 Å². The van der Waals surface area contributed by atoms with Crippen LogP contribution in [0.25, 0.3) is 22.6 Å². The van der Waals surface area contributed by atoms with Crippen molar-refractivity contribution >= 4 is 5.95 Å². The van der Waals surface area contributed by atoms with Gasteiger partial charge >= 0.3 is 0 Å². The van der Waals surface area contributed by atoms with Crippen LogP contribution in [-0.2, 0) is 17.9 Å². The predicted octanol–water partition coefficient (Wildman–Crippen LogP) is 2.45. The Morgan fingerprint density at radius 3 is 2.56 bits per heavy atom. The van der Waals surface area contributed by atoms with Crippen molar-refractivity contribution in [2.45, 2.75) is 13.2 Å². The molecule has 32 heavy (non-hydrogen) atoms. The van der Waals surface area contributed by atoms with E-state index in [9.17, 15) is 5.26 Å². The summed E-state index contributed by atoms with van der Waals surface area (Å²) in [5, 5.41) is 17.8. The van der Waals surface area contributed by atoms with Gasteiger partial charge in [0.15, 0.2) is 0 Å². The Labute approximate surface area is 184 Å². The molecule has 0 aliphatic heterocycles. The summed E-state index contributed by atoms with van der Waals surface area (Å²) in [6.07, 6.45) is 1.76. The zero-order valence-electron chi connectivity index (χ0n) is 17.6. The maximum atomic E-state index is 9.36. The van der Waals surface area contributed by atoms with Gasteiger partial charge in [0, 0.05) is 12.7 Å². The Kier molecular flexibility index (Phi) is 6.00. The SMILES string of the molecule is COCc1cccc(Cn2cc(-c3cc(-c4cccc(C#N)c4OC)nc(N)n3)nn2)n1. The molecule has 160 valence electrons. The van der Waals surface area contributed by atoms with E-state index >= 15 is 0 Å². The van der Waals surface area contributed by atoms with Crippen LogP contribution in [0.5, 0.6) is 5.75 Å². The van der Waals surface area contributed by atoms with Crippen LogP contribution < -0.4 is 10.5 Å². The summed E-state index contributed by atoms with van der Waals surface area (Å²) in [6, 6.07) is 14.8. The highest BCUT2D eigenvalue weighted by Gasteiger charge is 2.16. The van der Waals surface area contributed by atoms with E-state index in [-0.39, 0.29) is 5.95 Å². The standard InChI is InChI=1S/C22H20N8O2/c1-31-13-16-7-4-6-15(25-16)11-30-12-20(28-29-30)19-9-18(26-22(24)27-19)17-8-3-5-14(10-23)21(17)32-2/h3-9,12H,11,13H2,1-2H3,(H2,24,26,27). The fraction of sp³-hybridized carbons (Fsp3) is 0.182. The third-order valence-electron chi connectivity index (χ3n) is 4.64. The normalized spacial score (nSPS) is 10.7. The number of nitrogens with zero attached hydrogens (tertiary/aromatic N) is 7. The fourth-order valence-corrected chi connectivity index (χ4v) is 3.29. The summed E-state index contributed by atoms with van der Waals surface area (Å²) in [7, 11) is 3.14. The summed E-state index contributed by atoms with van der Waals surface area (Å²) in [4.78, 5) is 13.2. The van der Waals surface area contributed by atoms with Crippen molar-refractivity contribution in [3.05, 3.63) is 65.6 Å². The van der Waals surface area contributed by atoms with Gasteiger partial charge in [-0.2, -0.15) is 5.26 Å². The van der Waals surface area contributed by atoms with E-state index < -0.39 is 0 Å². The summed E-state index contributed by atoms with van der Waals surface area (Å²) in [6.45, 7) is 0.881. The number of ether oxygens (including phenoxy) is 2. The Morgan fingerprint density at radius 2 is 1.78 bits per heavy atom. The molecule has 2 N–H and O–H groups in total. The molecule has 0 unspecified atom stereocenters.